The standard InChI is InChI=1S/C19H23F2N3OS/c1-24(2)16(12-14-6-4-3-5-7-14)13-22-19(26)23-15-8-10-17(11-9-15)25-18(20)21/h3-11,16,18H,12-13H2,1-2H3,(H2,22,23,26)/p+1/t16-/m0/s1. The predicted octanol–water partition coefficient (Wildman–Crippen LogP) is 2.33. The number of alkyl halides is 2. The lowest BCUT2D eigenvalue weighted by Gasteiger charge is -2.23. The molecule has 140 valence electrons. The summed E-state index contributed by atoms with van der Waals surface area (Å²) in [6, 6.07) is 16.9. The van der Waals surface area contributed by atoms with Gasteiger partial charge in [0.2, 0.25) is 0 Å². The van der Waals surface area contributed by atoms with Gasteiger partial charge in [0, 0.05) is 12.1 Å². The largest absolute Gasteiger partial charge is 0.435 e. The van der Waals surface area contributed by atoms with Crippen LogP contribution in [0.3, 0.4) is 0 Å². The van der Waals surface area contributed by atoms with Crippen LogP contribution in [-0.4, -0.2) is 38.4 Å². The highest BCUT2D eigenvalue weighted by molar-refractivity contribution is 7.80. The van der Waals surface area contributed by atoms with Gasteiger partial charge in [0.25, 0.3) is 0 Å². The zero-order chi connectivity index (χ0) is 18.9. The van der Waals surface area contributed by atoms with Gasteiger partial charge in [-0.2, -0.15) is 8.78 Å². The second-order valence-corrected chi connectivity index (χ2v) is 6.61. The van der Waals surface area contributed by atoms with Crippen molar-refractivity contribution in [3.8, 4) is 5.75 Å². The minimum absolute atomic E-state index is 0.114. The zero-order valence-electron chi connectivity index (χ0n) is 14.8. The molecule has 2 aromatic rings. The molecule has 26 heavy (non-hydrogen) atoms. The molecule has 2 rings (SSSR count). The SMILES string of the molecule is C[NH+](C)[C@H](CNC(=S)Nc1ccc(OC(F)F)cc1)Cc1ccccc1. The van der Waals surface area contributed by atoms with Gasteiger partial charge >= 0.3 is 6.61 Å². The number of hydrogen-bond donors (Lipinski definition) is 3. The molecule has 0 aliphatic rings. The lowest BCUT2D eigenvalue weighted by atomic mass is 10.1. The summed E-state index contributed by atoms with van der Waals surface area (Å²) in [4.78, 5) is 1.33. The fraction of sp³-hybridized carbons (Fsp3) is 0.316. The van der Waals surface area contributed by atoms with Crippen LogP contribution < -0.4 is 20.3 Å². The van der Waals surface area contributed by atoms with Crippen LogP contribution in [0.1, 0.15) is 5.56 Å². The molecule has 0 saturated carbocycles. The predicted molar refractivity (Wildman–Crippen MR) is 104 cm³/mol. The van der Waals surface area contributed by atoms with Crippen LogP contribution in [0.25, 0.3) is 0 Å². The fourth-order valence-electron chi connectivity index (χ4n) is 2.49. The van der Waals surface area contributed by atoms with Crippen molar-refractivity contribution >= 4 is 23.0 Å². The lowest BCUT2D eigenvalue weighted by molar-refractivity contribution is -0.884. The number of quaternary nitrogens is 1. The highest BCUT2D eigenvalue weighted by Crippen LogP contribution is 2.17. The summed E-state index contributed by atoms with van der Waals surface area (Å²) in [6.07, 6.45) is 0.943. The van der Waals surface area contributed by atoms with Gasteiger partial charge in [-0.1, -0.05) is 30.3 Å². The fourth-order valence-corrected chi connectivity index (χ4v) is 2.69. The lowest BCUT2D eigenvalue weighted by Crippen LogP contribution is -3.11. The number of rotatable bonds is 8. The van der Waals surface area contributed by atoms with E-state index < -0.39 is 6.61 Å². The van der Waals surface area contributed by atoms with E-state index >= 15 is 0 Å². The van der Waals surface area contributed by atoms with Gasteiger partial charge in [-0.25, -0.2) is 0 Å². The summed E-state index contributed by atoms with van der Waals surface area (Å²) in [5.74, 6) is 0.114. The van der Waals surface area contributed by atoms with Crippen LogP contribution in [0, 0.1) is 0 Å². The van der Waals surface area contributed by atoms with Gasteiger partial charge in [0.05, 0.1) is 20.6 Å². The third kappa shape index (κ3) is 6.93. The first-order valence-electron chi connectivity index (χ1n) is 8.37. The Morgan fingerprint density at radius 1 is 1.08 bits per heavy atom. The molecule has 2 aromatic carbocycles. The van der Waals surface area contributed by atoms with Crippen LogP contribution in [0.15, 0.2) is 54.6 Å². The highest BCUT2D eigenvalue weighted by Gasteiger charge is 2.16. The van der Waals surface area contributed by atoms with E-state index in [1.165, 1.54) is 22.6 Å². The average molecular weight is 380 g/mol. The van der Waals surface area contributed by atoms with Gasteiger partial charge in [-0.15, -0.1) is 0 Å². The molecule has 0 fully saturated rings. The summed E-state index contributed by atoms with van der Waals surface area (Å²) in [5, 5.41) is 6.77. The number of halogens is 2. The van der Waals surface area contributed by atoms with Crippen molar-refractivity contribution in [2.45, 2.75) is 19.1 Å². The molecule has 0 saturated heterocycles. The third-order valence-corrected chi connectivity index (χ3v) is 4.23. The first kappa shape index (κ1) is 20.1. The maximum absolute atomic E-state index is 12.2. The molecule has 4 nitrogen and oxygen atoms in total. The molecule has 0 heterocycles. The second kappa shape index (κ2) is 10.0. The van der Waals surface area contributed by atoms with Crippen molar-refractivity contribution in [3.63, 3.8) is 0 Å². The van der Waals surface area contributed by atoms with Gasteiger partial charge in [-0.3, -0.25) is 0 Å². The Balaban J connectivity index is 1.84. The molecule has 0 unspecified atom stereocenters. The van der Waals surface area contributed by atoms with Gasteiger partial charge < -0.3 is 20.3 Å². The molecule has 7 heteroatoms. The van der Waals surface area contributed by atoms with Crippen molar-refractivity contribution in [1.29, 1.82) is 0 Å². The van der Waals surface area contributed by atoms with Crippen molar-refractivity contribution in [2.24, 2.45) is 0 Å². The molecule has 0 radical (unpaired) electrons. The molecule has 0 amide bonds. The topological polar surface area (TPSA) is 37.7 Å². The number of anilines is 1. The Labute approximate surface area is 158 Å². The van der Waals surface area contributed by atoms with E-state index in [-0.39, 0.29) is 5.75 Å². The Kier molecular flexibility index (Phi) is 7.74. The van der Waals surface area contributed by atoms with Crippen LogP contribution in [0.4, 0.5) is 14.5 Å². The highest BCUT2D eigenvalue weighted by atomic mass is 32.1. The van der Waals surface area contributed by atoms with E-state index in [0.29, 0.717) is 16.8 Å². The average Bonchev–Trinajstić information content (AvgIpc) is 2.60. The monoisotopic (exact) mass is 380 g/mol. The Morgan fingerprint density at radius 2 is 1.73 bits per heavy atom. The zero-order valence-corrected chi connectivity index (χ0v) is 15.7. The number of benzene rings is 2. The van der Waals surface area contributed by atoms with E-state index in [9.17, 15) is 8.78 Å². The molecular weight excluding hydrogens is 356 g/mol. The summed E-state index contributed by atoms with van der Waals surface area (Å²) < 4.78 is 28.6. The molecule has 0 aromatic heterocycles. The van der Waals surface area contributed by atoms with Crippen molar-refractivity contribution in [2.75, 3.05) is 26.0 Å². The van der Waals surface area contributed by atoms with Gasteiger partial charge in [-0.05, 0) is 42.0 Å². The van der Waals surface area contributed by atoms with Crippen LogP contribution in [-0.2, 0) is 6.42 Å². The molecule has 0 aliphatic carbocycles. The van der Waals surface area contributed by atoms with Crippen LogP contribution in [0.2, 0.25) is 0 Å². The molecule has 3 N–H and O–H groups in total. The van der Waals surface area contributed by atoms with E-state index in [0.717, 1.165) is 13.0 Å². The number of ether oxygens (including phenoxy) is 1. The summed E-state index contributed by atoms with van der Waals surface area (Å²) >= 11 is 5.33. The number of thiocarbonyl (C=S) groups is 1. The van der Waals surface area contributed by atoms with Crippen molar-refractivity contribution in [3.05, 3.63) is 60.2 Å². The Bertz CT molecular complexity index is 681. The molecule has 0 spiro atoms. The molecule has 1 atom stereocenters. The van der Waals surface area contributed by atoms with E-state index in [2.05, 4.69) is 41.6 Å². The molecule has 0 bridgehead atoms. The minimum Gasteiger partial charge on any atom is -0.435 e. The summed E-state index contributed by atoms with van der Waals surface area (Å²) in [7, 11) is 4.24. The first-order chi connectivity index (χ1) is 12.4. The normalized spacial score (nSPS) is 12.1. The maximum Gasteiger partial charge on any atom is 0.387 e. The quantitative estimate of drug-likeness (QED) is 0.615. The summed E-state index contributed by atoms with van der Waals surface area (Å²) in [5.41, 5.74) is 2.00. The van der Waals surface area contributed by atoms with E-state index in [4.69, 9.17) is 12.2 Å². The van der Waals surface area contributed by atoms with Crippen LogP contribution >= 0.6 is 12.2 Å². The first-order valence-corrected chi connectivity index (χ1v) is 8.78. The number of hydrogen-bond acceptors (Lipinski definition) is 2. The Hall–Kier alpha value is -2.25. The number of nitrogens with one attached hydrogen (secondary N) is 3. The minimum atomic E-state index is -2.83. The maximum atomic E-state index is 12.2. The van der Waals surface area contributed by atoms with E-state index in [1.54, 1.807) is 12.1 Å². The van der Waals surface area contributed by atoms with Gasteiger partial charge in [0.1, 0.15) is 11.8 Å². The smallest absolute Gasteiger partial charge is 0.387 e. The Morgan fingerprint density at radius 3 is 2.31 bits per heavy atom. The van der Waals surface area contributed by atoms with Crippen molar-refractivity contribution in [1.82, 2.24) is 5.32 Å². The van der Waals surface area contributed by atoms with Crippen molar-refractivity contribution < 1.29 is 18.4 Å². The summed E-state index contributed by atoms with van der Waals surface area (Å²) in [6.45, 7) is -2.11. The number of likely N-dealkylation sites (N-methyl/N-ethyl adjacent to an activating group) is 1. The van der Waals surface area contributed by atoms with Gasteiger partial charge in [0.15, 0.2) is 5.11 Å². The van der Waals surface area contributed by atoms with Crippen LogP contribution in [0.5, 0.6) is 5.75 Å². The third-order valence-electron chi connectivity index (χ3n) is 3.99. The second-order valence-electron chi connectivity index (χ2n) is 6.20. The molecule has 0 aliphatic heterocycles. The van der Waals surface area contributed by atoms with E-state index in [1.807, 2.05) is 18.2 Å². The molecular formula is C19H24F2N3OS+.